The zero-order chi connectivity index (χ0) is 35.2. The lowest BCUT2D eigenvalue weighted by Gasteiger charge is -2.31. The maximum atomic E-state index is 13.1. The van der Waals surface area contributed by atoms with Gasteiger partial charge in [0.25, 0.3) is 5.91 Å². The third-order valence-electron chi connectivity index (χ3n) is 8.81. The average Bonchev–Trinajstić information content (AvgIpc) is 3.65. The van der Waals surface area contributed by atoms with E-state index in [0.717, 1.165) is 42.4 Å². The predicted octanol–water partition coefficient (Wildman–Crippen LogP) is 5.77. The monoisotopic (exact) mass is 698 g/mol. The topological polar surface area (TPSA) is 142 Å². The summed E-state index contributed by atoms with van der Waals surface area (Å²) in [5.41, 5.74) is 2.91. The summed E-state index contributed by atoms with van der Waals surface area (Å²) in [7, 11) is -2.10. The van der Waals surface area contributed by atoms with E-state index in [1.807, 2.05) is 58.0 Å². The molecule has 0 aliphatic heterocycles. The molecule has 0 radical (unpaired) electrons. The number of sulfonamides is 1. The van der Waals surface area contributed by atoms with E-state index in [-0.39, 0.29) is 49.9 Å². The molecule has 2 aliphatic rings. The summed E-state index contributed by atoms with van der Waals surface area (Å²) in [4.78, 5) is 25.8. The molecule has 0 spiro atoms. The Hall–Kier alpha value is -3.29. The molecule has 1 amide bonds. The summed E-state index contributed by atoms with van der Waals surface area (Å²) < 4.78 is 57.9. The third-order valence-corrected chi connectivity index (χ3v) is 10.1. The second-order valence-corrected chi connectivity index (χ2v) is 15.8. The van der Waals surface area contributed by atoms with Crippen LogP contribution in [0.1, 0.15) is 92.3 Å². The zero-order valence-electron chi connectivity index (χ0n) is 29.3. The number of rotatable bonds is 17. The first-order valence-electron chi connectivity index (χ1n) is 17.2. The van der Waals surface area contributed by atoms with Gasteiger partial charge in [-0.1, -0.05) is 29.8 Å². The maximum absolute atomic E-state index is 13.1. The van der Waals surface area contributed by atoms with Crippen LogP contribution < -0.4 is 10.0 Å². The van der Waals surface area contributed by atoms with Gasteiger partial charge in [0.2, 0.25) is 10.0 Å². The number of carbonyl (C=O) groups excluding carboxylic acids is 2. The van der Waals surface area contributed by atoms with Crippen LogP contribution in [0.25, 0.3) is 22.3 Å². The molecule has 2 saturated carbocycles. The minimum atomic E-state index is -3.69. The lowest BCUT2D eigenvalue weighted by Crippen LogP contribution is -2.44. The fourth-order valence-electron chi connectivity index (χ4n) is 6.23. The normalized spacial score (nSPS) is 16.3. The molecule has 11 nitrogen and oxygen atoms in total. The van der Waals surface area contributed by atoms with E-state index in [1.165, 1.54) is 0 Å². The molecule has 0 atom stereocenters. The second kappa shape index (κ2) is 15.7. The van der Waals surface area contributed by atoms with Gasteiger partial charge in [0.1, 0.15) is 16.9 Å². The number of amides is 1. The van der Waals surface area contributed by atoms with Crippen LogP contribution in [0, 0.1) is 6.92 Å². The molecule has 0 saturated heterocycles. The highest BCUT2D eigenvalue weighted by Crippen LogP contribution is 2.45. The van der Waals surface area contributed by atoms with E-state index in [1.54, 1.807) is 13.1 Å². The van der Waals surface area contributed by atoms with Gasteiger partial charge in [-0.3, -0.25) is 4.79 Å². The number of hydrogen-bond acceptors (Lipinski definition) is 9. The number of fused-ring (bicyclic) bond motifs is 1. The molecule has 49 heavy (non-hydrogen) atoms. The fraction of sp³-hybridized carbons (Fsp3) is 0.568. The van der Waals surface area contributed by atoms with Gasteiger partial charge in [0, 0.05) is 24.5 Å². The molecule has 1 heterocycles. The molecule has 3 aromatic rings. The number of nitrogens with one attached hydrogen (secondary N) is 2. The number of furan rings is 1. The Bertz CT molecular complexity index is 1710. The standard InChI is InChI=1S/C37H50N2O9S/c1-25-8-10-27(11-9-25)33-32(34(40)38-5)30-23-29(26-12-13-26)28(22-31(30)47-33)24-49(42,43)39-16-17-44-18-19-45-20-21-46-37(14-6-7-15-37)35(41)48-36(2,3)4/h8-11,22-23,26,39H,6-7,12-21,24H2,1-5H3,(H,38,40). The Balaban J connectivity index is 1.10. The van der Waals surface area contributed by atoms with Crippen LogP contribution in [0.3, 0.4) is 0 Å². The summed E-state index contributed by atoms with van der Waals surface area (Å²) in [6, 6.07) is 11.5. The van der Waals surface area contributed by atoms with Crippen molar-refractivity contribution in [3.63, 3.8) is 0 Å². The summed E-state index contributed by atoms with van der Waals surface area (Å²) in [6.45, 7) is 9.01. The molecule has 268 valence electrons. The maximum Gasteiger partial charge on any atom is 0.338 e. The Labute approximate surface area is 289 Å². The Morgan fingerprint density at radius 1 is 0.959 bits per heavy atom. The predicted molar refractivity (Wildman–Crippen MR) is 187 cm³/mol. The van der Waals surface area contributed by atoms with E-state index in [9.17, 15) is 18.0 Å². The van der Waals surface area contributed by atoms with Crippen LogP contribution in [0.2, 0.25) is 0 Å². The fourth-order valence-corrected chi connectivity index (χ4v) is 7.38. The first-order chi connectivity index (χ1) is 23.3. The van der Waals surface area contributed by atoms with Crippen LogP contribution in [-0.2, 0) is 39.5 Å². The van der Waals surface area contributed by atoms with E-state index in [2.05, 4.69) is 10.0 Å². The highest BCUT2D eigenvalue weighted by molar-refractivity contribution is 7.88. The number of ether oxygens (including phenoxy) is 4. The molecule has 5 rings (SSSR count). The molecular formula is C37H50N2O9S. The largest absolute Gasteiger partial charge is 0.458 e. The van der Waals surface area contributed by atoms with Crippen LogP contribution in [0.4, 0.5) is 0 Å². The van der Waals surface area contributed by atoms with Crippen molar-refractivity contribution in [2.24, 2.45) is 0 Å². The molecule has 2 aliphatic carbocycles. The smallest absolute Gasteiger partial charge is 0.338 e. The van der Waals surface area contributed by atoms with Crippen LogP contribution in [0.5, 0.6) is 0 Å². The van der Waals surface area contributed by atoms with Gasteiger partial charge in [-0.25, -0.2) is 17.9 Å². The van der Waals surface area contributed by atoms with Gasteiger partial charge in [-0.15, -0.1) is 0 Å². The van der Waals surface area contributed by atoms with Crippen molar-refractivity contribution in [2.75, 3.05) is 46.6 Å². The highest BCUT2D eigenvalue weighted by Gasteiger charge is 2.45. The number of hydrogen-bond donors (Lipinski definition) is 2. The van der Waals surface area contributed by atoms with Crippen molar-refractivity contribution in [1.82, 2.24) is 10.0 Å². The van der Waals surface area contributed by atoms with Crippen LogP contribution >= 0.6 is 0 Å². The summed E-state index contributed by atoms with van der Waals surface area (Å²) in [6.07, 6.45) is 5.08. The SMILES string of the molecule is CNC(=O)c1c(-c2ccc(C)cc2)oc2cc(CS(=O)(=O)NCCOCCOCCOC3(C(=O)OC(C)(C)C)CCCC3)c(C3CC3)cc12. The van der Waals surface area contributed by atoms with Crippen LogP contribution in [-0.4, -0.2) is 78.1 Å². The highest BCUT2D eigenvalue weighted by atomic mass is 32.2. The second-order valence-electron chi connectivity index (χ2n) is 14.0. The molecule has 0 bridgehead atoms. The van der Waals surface area contributed by atoms with E-state index in [0.29, 0.717) is 53.9 Å². The van der Waals surface area contributed by atoms with Crippen molar-refractivity contribution in [1.29, 1.82) is 0 Å². The van der Waals surface area contributed by atoms with Crippen molar-refractivity contribution < 1.29 is 41.4 Å². The van der Waals surface area contributed by atoms with Gasteiger partial charge < -0.3 is 28.7 Å². The Morgan fingerprint density at radius 2 is 1.61 bits per heavy atom. The van der Waals surface area contributed by atoms with Crippen molar-refractivity contribution in [2.45, 2.75) is 89.1 Å². The number of aryl methyl sites for hydroxylation is 1. The van der Waals surface area contributed by atoms with E-state index < -0.39 is 21.2 Å². The van der Waals surface area contributed by atoms with Crippen LogP contribution in [0.15, 0.2) is 40.8 Å². The number of carbonyl (C=O) groups is 2. The first-order valence-corrected chi connectivity index (χ1v) is 18.8. The molecule has 12 heteroatoms. The zero-order valence-corrected chi connectivity index (χ0v) is 30.1. The first kappa shape index (κ1) is 37.0. The Kier molecular flexibility index (Phi) is 11.9. The Morgan fingerprint density at radius 3 is 2.24 bits per heavy atom. The van der Waals surface area contributed by atoms with Gasteiger partial charge in [-0.2, -0.15) is 0 Å². The average molecular weight is 699 g/mol. The molecule has 2 N–H and O–H groups in total. The minimum Gasteiger partial charge on any atom is -0.458 e. The number of esters is 1. The molecular weight excluding hydrogens is 648 g/mol. The number of benzene rings is 2. The molecule has 2 fully saturated rings. The van der Waals surface area contributed by atoms with Gasteiger partial charge in [0.15, 0.2) is 5.60 Å². The quantitative estimate of drug-likeness (QED) is 0.133. The lowest BCUT2D eigenvalue weighted by atomic mass is 9.98. The summed E-state index contributed by atoms with van der Waals surface area (Å²) >= 11 is 0. The lowest BCUT2D eigenvalue weighted by molar-refractivity contribution is -0.185. The molecule has 1 aromatic heterocycles. The van der Waals surface area contributed by atoms with Crippen molar-refractivity contribution >= 4 is 32.9 Å². The van der Waals surface area contributed by atoms with E-state index >= 15 is 0 Å². The van der Waals surface area contributed by atoms with E-state index in [4.69, 9.17) is 23.4 Å². The van der Waals surface area contributed by atoms with Gasteiger partial charge in [-0.05, 0) is 95.4 Å². The minimum absolute atomic E-state index is 0.115. The van der Waals surface area contributed by atoms with Crippen molar-refractivity contribution in [3.8, 4) is 11.3 Å². The van der Waals surface area contributed by atoms with Gasteiger partial charge >= 0.3 is 5.97 Å². The molecule has 0 unspecified atom stereocenters. The third kappa shape index (κ3) is 9.70. The summed E-state index contributed by atoms with van der Waals surface area (Å²) in [5.74, 6) is -0.0667. The molecule has 2 aromatic carbocycles. The van der Waals surface area contributed by atoms with Crippen molar-refractivity contribution in [3.05, 3.63) is 58.7 Å². The van der Waals surface area contributed by atoms with Gasteiger partial charge in [0.05, 0.1) is 44.4 Å². The summed E-state index contributed by atoms with van der Waals surface area (Å²) in [5, 5.41) is 3.40.